The Hall–Kier alpha value is -2.95. The van der Waals surface area contributed by atoms with Gasteiger partial charge in [0, 0.05) is 13.5 Å². The smallest absolute Gasteiger partial charge is 0.433 e. The van der Waals surface area contributed by atoms with E-state index in [1.165, 1.54) is 6.07 Å². The number of rotatable bonds is 6. The maximum atomic E-state index is 12.7. The van der Waals surface area contributed by atoms with Gasteiger partial charge in [0.2, 0.25) is 5.91 Å². The van der Waals surface area contributed by atoms with E-state index in [1.54, 1.807) is 25.8 Å². The van der Waals surface area contributed by atoms with Gasteiger partial charge in [0.25, 0.3) is 0 Å². The van der Waals surface area contributed by atoms with Crippen LogP contribution in [0.15, 0.2) is 18.3 Å². The molecular weight excluding hydrogens is 475 g/mol. The molecule has 0 spiro atoms. The molecule has 1 aliphatic carbocycles. The highest BCUT2D eigenvalue weighted by Crippen LogP contribution is 2.38. The summed E-state index contributed by atoms with van der Waals surface area (Å²) >= 11 is 0. The molecule has 2 unspecified atom stereocenters. The van der Waals surface area contributed by atoms with Crippen molar-refractivity contribution in [2.24, 2.45) is 5.92 Å². The number of aromatic nitrogens is 3. The standard InChI is InChI=1S/C23H28F3N5O3.2CH4/c1-5-22(3,33)19-21(32)30-18-12(2)28-17(29-20(18)31(19)4)10-13-8-15(9-13)34-14-6-7-16(27-11-14)23(24,25)26;;/h6-7,11,13,15,19,33H,5,8-10H2,1-4H3,(H,30,32);2*1H4. The number of nitrogens with one attached hydrogen (secondary N) is 1. The Labute approximate surface area is 210 Å². The fraction of sp³-hybridized carbons (Fsp3) is 0.600. The van der Waals surface area contributed by atoms with Gasteiger partial charge >= 0.3 is 6.18 Å². The Balaban J connectivity index is 0.00000228. The van der Waals surface area contributed by atoms with Crippen LogP contribution < -0.4 is 15.0 Å². The number of pyridine rings is 1. The average molecular weight is 512 g/mol. The number of alkyl halides is 3. The first-order valence-corrected chi connectivity index (χ1v) is 11.2. The van der Waals surface area contributed by atoms with Gasteiger partial charge in [0.05, 0.1) is 23.6 Å². The van der Waals surface area contributed by atoms with Gasteiger partial charge in [-0.2, -0.15) is 13.2 Å². The predicted octanol–water partition coefficient (Wildman–Crippen LogP) is 4.79. The van der Waals surface area contributed by atoms with Gasteiger partial charge in [-0.05, 0) is 51.2 Å². The SMILES string of the molecule is C.C.CCC(C)(O)C1C(=O)Nc2c(C)nc(CC3CC(Oc4ccc(C(F)(F)F)nc4)C3)nc2N1C. The molecule has 0 radical (unpaired) electrons. The number of aliphatic hydroxyl groups is 1. The fourth-order valence-electron chi connectivity index (χ4n) is 4.50. The predicted molar refractivity (Wildman–Crippen MR) is 132 cm³/mol. The third kappa shape index (κ3) is 5.71. The molecule has 2 atom stereocenters. The number of carbonyl (C=O) groups excluding carboxylic acids is 1. The molecule has 0 aromatic carbocycles. The van der Waals surface area contributed by atoms with Gasteiger partial charge in [-0.15, -0.1) is 0 Å². The van der Waals surface area contributed by atoms with Crippen LogP contribution in [0.5, 0.6) is 5.75 Å². The van der Waals surface area contributed by atoms with Crippen molar-refractivity contribution in [2.75, 3.05) is 17.3 Å². The first-order chi connectivity index (χ1) is 15.9. The van der Waals surface area contributed by atoms with Gasteiger partial charge in [-0.3, -0.25) is 4.79 Å². The lowest BCUT2D eigenvalue weighted by Crippen LogP contribution is -2.59. The third-order valence-electron chi connectivity index (χ3n) is 6.63. The number of carbonyl (C=O) groups is 1. The van der Waals surface area contributed by atoms with Gasteiger partial charge in [0.15, 0.2) is 5.82 Å². The first kappa shape index (κ1) is 29.3. The molecular formula is C25H36F3N5O3. The lowest BCUT2D eigenvalue weighted by atomic mass is 9.80. The lowest BCUT2D eigenvalue weighted by Gasteiger charge is -2.42. The molecule has 11 heteroatoms. The monoisotopic (exact) mass is 511 g/mol. The number of halogens is 3. The molecule has 200 valence electrons. The number of nitrogens with zero attached hydrogens (tertiary/aromatic N) is 4. The number of likely N-dealkylation sites (N-methyl/N-ethyl adjacent to an activating group) is 1. The van der Waals surface area contributed by atoms with Crippen LogP contribution in [-0.4, -0.2) is 50.8 Å². The van der Waals surface area contributed by atoms with Crippen LogP contribution in [0.3, 0.4) is 0 Å². The van der Waals surface area contributed by atoms with Crippen molar-refractivity contribution < 1.29 is 27.8 Å². The van der Waals surface area contributed by atoms with E-state index in [0.717, 1.165) is 25.1 Å². The molecule has 1 aliphatic heterocycles. The molecule has 36 heavy (non-hydrogen) atoms. The van der Waals surface area contributed by atoms with Crippen molar-refractivity contribution >= 4 is 17.4 Å². The van der Waals surface area contributed by atoms with E-state index in [0.29, 0.717) is 41.6 Å². The Kier molecular flexibility index (Phi) is 8.60. The highest BCUT2D eigenvalue weighted by molar-refractivity contribution is 6.04. The quantitative estimate of drug-likeness (QED) is 0.575. The van der Waals surface area contributed by atoms with Crippen molar-refractivity contribution in [1.29, 1.82) is 0 Å². The Morgan fingerprint density at radius 2 is 1.89 bits per heavy atom. The van der Waals surface area contributed by atoms with Gasteiger partial charge in [-0.1, -0.05) is 21.8 Å². The van der Waals surface area contributed by atoms with Crippen molar-refractivity contribution in [1.82, 2.24) is 15.0 Å². The summed E-state index contributed by atoms with van der Waals surface area (Å²) < 4.78 is 43.7. The molecule has 4 rings (SSSR count). The lowest BCUT2D eigenvalue weighted by molar-refractivity contribution is -0.141. The highest BCUT2D eigenvalue weighted by Gasteiger charge is 2.44. The summed E-state index contributed by atoms with van der Waals surface area (Å²) in [5.74, 6) is 1.49. The van der Waals surface area contributed by atoms with Crippen LogP contribution in [0, 0.1) is 12.8 Å². The number of anilines is 2. The average Bonchev–Trinajstić information content (AvgIpc) is 2.73. The molecule has 0 bridgehead atoms. The van der Waals surface area contributed by atoms with Crippen molar-refractivity contribution in [2.45, 2.75) is 85.2 Å². The topological polar surface area (TPSA) is 100 Å². The summed E-state index contributed by atoms with van der Waals surface area (Å²) in [4.78, 5) is 27.0. The first-order valence-electron chi connectivity index (χ1n) is 11.2. The zero-order chi connectivity index (χ0) is 24.8. The Morgan fingerprint density at radius 3 is 2.44 bits per heavy atom. The normalized spacial score (nSPS) is 22.7. The summed E-state index contributed by atoms with van der Waals surface area (Å²) in [6, 6.07) is 1.42. The fourth-order valence-corrected chi connectivity index (χ4v) is 4.50. The molecule has 1 saturated carbocycles. The second-order valence-electron chi connectivity index (χ2n) is 9.30. The summed E-state index contributed by atoms with van der Waals surface area (Å²) in [7, 11) is 1.74. The van der Waals surface area contributed by atoms with E-state index in [-0.39, 0.29) is 32.8 Å². The van der Waals surface area contributed by atoms with Crippen molar-refractivity contribution in [3.8, 4) is 5.75 Å². The minimum atomic E-state index is -4.48. The Bertz CT molecular complexity index is 1070. The molecule has 1 amide bonds. The minimum absolute atomic E-state index is 0. The van der Waals surface area contributed by atoms with Crippen LogP contribution in [0.4, 0.5) is 24.7 Å². The zero-order valence-electron chi connectivity index (χ0n) is 19.5. The second kappa shape index (κ2) is 10.6. The second-order valence-corrected chi connectivity index (χ2v) is 9.30. The molecule has 8 nitrogen and oxygen atoms in total. The molecule has 2 N–H and O–H groups in total. The molecule has 2 aromatic heterocycles. The Morgan fingerprint density at radius 1 is 1.22 bits per heavy atom. The van der Waals surface area contributed by atoms with Crippen LogP contribution in [0.1, 0.15) is 65.2 Å². The van der Waals surface area contributed by atoms with E-state index >= 15 is 0 Å². The number of fused-ring (bicyclic) bond motifs is 1. The van der Waals surface area contributed by atoms with Crippen LogP contribution >= 0.6 is 0 Å². The number of amides is 1. The minimum Gasteiger partial charge on any atom is -0.489 e. The van der Waals surface area contributed by atoms with Gasteiger partial charge in [0.1, 0.15) is 29.0 Å². The van der Waals surface area contributed by atoms with Crippen molar-refractivity contribution in [3.05, 3.63) is 35.5 Å². The molecule has 2 aromatic rings. The van der Waals surface area contributed by atoms with Crippen LogP contribution in [-0.2, 0) is 17.4 Å². The molecule has 0 saturated heterocycles. The number of ether oxygens (including phenoxy) is 1. The highest BCUT2D eigenvalue weighted by atomic mass is 19.4. The van der Waals surface area contributed by atoms with E-state index in [1.807, 2.05) is 6.92 Å². The summed E-state index contributed by atoms with van der Waals surface area (Å²) in [6.45, 7) is 5.26. The van der Waals surface area contributed by atoms with Gasteiger partial charge < -0.3 is 20.1 Å². The molecule has 2 aliphatic rings. The summed E-state index contributed by atoms with van der Waals surface area (Å²) in [5.41, 5.74) is -0.974. The molecule has 1 fully saturated rings. The number of aryl methyl sites for hydroxylation is 1. The van der Waals surface area contributed by atoms with E-state index < -0.39 is 23.5 Å². The molecule has 3 heterocycles. The van der Waals surface area contributed by atoms with E-state index in [4.69, 9.17) is 4.74 Å². The van der Waals surface area contributed by atoms with E-state index in [2.05, 4.69) is 20.3 Å². The maximum absolute atomic E-state index is 12.7. The zero-order valence-corrected chi connectivity index (χ0v) is 19.5. The van der Waals surface area contributed by atoms with Gasteiger partial charge in [-0.25, -0.2) is 15.0 Å². The van der Waals surface area contributed by atoms with E-state index in [9.17, 15) is 23.1 Å². The third-order valence-corrected chi connectivity index (χ3v) is 6.63. The van der Waals surface area contributed by atoms with Crippen LogP contribution in [0.25, 0.3) is 0 Å². The summed E-state index contributed by atoms with van der Waals surface area (Å²) in [6.07, 6.45) is -1.03. The van der Waals surface area contributed by atoms with Crippen molar-refractivity contribution in [3.63, 3.8) is 0 Å². The van der Waals surface area contributed by atoms with Crippen LogP contribution in [0.2, 0.25) is 0 Å². The number of hydrogen-bond donors (Lipinski definition) is 2. The maximum Gasteiger partial charge on any atom is 0.433 e. The summed E-state index contributed by atoms with van der Waals surface area (Å²) in [5, 5.41) is 13.6. The largest absolute Gasteiger partial charge is 0.489 e. The number of hydrogen-bond acceptors (Lipinski definition) is 7.